The fourth-order valence-corrected chi connectivity index (χ4v) is 3.86. The number of nitrogens with zero attached hydrogens (tertiary/aromatic N) is 4. The van der Waals surface area contributed by atoms with Crippen LogP contribution in [0.1, 0.15) is 24.5 Å². The van der Waals surface area contributed by atoms with Gasteiger partial charge in [-0.3, -0.25) is 0 Å². The Bertz CT molecular complexity index is 1170. The van der Waals surface area contributed by atoms with Gasteiger partial charge in [-0.15, -0.1) is 0 Å². The summed E-state index contributed by atoms with van der Waals surface area (Å²) in [6.45, 7) is 0. The molecule has 0 aliphatic heterocycles. The van der Waals surface area contributed by atoms with E-state index in [9.17, 15) is 8.94 Å². The van der Waals surface area contributed by atoms with Crippen LogP contribution >= 0.6 is 0 Å². The summed E-state index contributed by atoms with van der Waals surface area (Å²) < 4.78 is 27.7. The van der Waals surface area contributed by atoms with Crippen LogP contribution in [0.15, 0.2) is 53.7 Å². The standard InChI is InChI=1S/C21H16FN4OS/c1-28(27)15-8-9-18(22)17(10-15)14-11-23-21(24-12-14)26-19-5-3-2-4-16(19)20(25-26)13-6-7-13/h2,4-5,8-13H,6-7H2,1H3. The van der Waals surface area contributed by atoms with Crippen molar-refractivity contribution in [2.75, 3.05) is 6.26 Å². The number of hydrogen-bond donors (Lipinski definition) is 0. The van der Waals surface area contributed by atoms with Crippen LogP contribution in [0, 0.1) is 11.9 Å². The Morgan fingerprint density at radius 3 is 2.71 bits per heavy atom. The molecule has 2 aromatic carbocycles. The lowest BCUT2D eigenvalue weighted by molar-refractivity contribution is 0.599. The van der Waals surface area contributed by atoms with E-state index in [1.165, 1.54) is 12.1 Å². The maximum Gasteiger partial charge on any atom is 0.251 e. The molecular weight excluding hydrogens is 375 g/mol. The van der Waals surface area contributed by atoms with Crippen molar-refractivity contribution >= 4 is 22.1 Å². The van der Waals surface area contributed by atoms with E-state index in [1.807, 2.05) is 18.2 Å². The van der Waals surface area contributed by atoms with E-state index >= 15 is 0 Å². The van der Waals surface area contributed by atoms with Gasteiger partial charge in [0, 0.05) is 40.9 Å². The number of aromatic nitrogens is 4. The molecule has 28 heavy (non-hydrogen) atoms. The molecular formula is C21H16FN4OS. The third-order valence-corrected chi connectivity index (χ3v) is 5.84. The molecule has 2 heterocycles. The second-order valence-corrected chi connectivity index (χ2v) is 8.26. The molecule has 5 nitrogen and oxygen atoms in total. The van der Waals surface area contributed by atoms with Crippen molar-refractivity contribution in [1.82, 2.24) is 19.7 Å². The zero-order valence-electron chi connectivity index (χ0n) is 15.1. The normalized spacial score (nSPS) is 15.1. The van der Waals surface area contributed by atoms with Crippen molar-refractivity contribution in [3.63, 3.8) is 0 Å². The molecule has 1 saturated carbocycles. The minimum absolute atomic E-state index is 0.330. The van der Waals surface area contributed by atoms with Gasteiger partial charge in [0.05, 0.1) is 11.2 Å². The molecule has 0 amide bonds. The Morgan fingerprint density at radius 1 is 1.21 bits per heavy atom. The summed E-state index contributed by atoms with van der Waals surface area (Å²) in [7, 11) is 0. The van der Waals surface area contributed by atoms with Crippen LogP contribution in [0.4, 0.5) is 4.39 Å². The van der Waals surface area contributed by atoms with Crippen molar-refractivity contribution < 1.29 is 8.94 Å². The molecule has 0 bridgehead atoms. The average molecular weight is 391 g/mol. The van der Waals surface area contributed by atoms with Crippen molar-refractivity contribution in [2.24, 2.45) is 0 Å². The maximum absolute atomic E-state index is 14.3. The first-order valence-electron chi connectivity index (χ1n) is 8.96. The Labute approximate surface area is 164 Å². The summed E-state index contributed by atoms with van der Waals surface area (Å²) in [4.78, 5) is 9.39. The van der Waals surface area contributed by atoms with Gasteiger partial charge in [0.15, 0.2) is 4.90 Å². The lowest BCUT2D eigenvalue weighted by atomic mass is 10.1. The molecule has 1 aliphatic carbocycles. The third-order valence-electron chi connectivity index (χ3n) is 4.93. The fraction of sp³-hybridized carbons (Fsp3) is 0.190. The van der Waals surface area contributed by atoms with Crippen molar-refractivity contribution in [2.45, 2.75) is 23.7 Å². The molecule has 0 N–H and O–H groups in total. The van der Waals surface area contributed by atoms with Gasteiger partial charge < -0.3 is 4.55 Å². The smallest absolute Gasteiger partial charge is 0.251 e. The average Bonchev–Trinajstić information content (AvgIpc) is 3.49. The summed E-state index contributed by atoms with van der Waals surface area (Å²) in [5, 5.41) is 5.83. The van der Waals surface area contributed by atoms with Crippen LogP contribution in [-0.2, 0) is 11.2 Å². The van der Waals surface area contributed by atoms with Crippen LogP contribution in [-0.4, -0.2) is 30.6 Å². The van der Waals surface area contributed by atoms with Crippen LogP contribution in [0.5, 0.6) is 0 Å². The summed E-state index contributed by atoms with van der Waals surface area (Å²) >= 11 is -1.19. The number of hydrogen-bond acceptors (Lipinski definition) is 4. The maximum atomic E-state index is 14.3. The molecule has 1 radical (unpaired) electrons. The first kappa shape index (κ1) is 17.3. The van der Waals surface area contributed by atoms with Gasteiger partial charge in [0.25, 0.3) is 5.95 Å². The largest absolute Gasteiger partial charge is 0.612 e. The zero-order chi connectivity index (χ0) is 19.3. The number of fused-ring (bicyclic) bond motifs is 1. The van der Waals surface area contributed by atoms with E-state index in [1.54, 1.807) is 29.4 Å². The van der Waals surface area contributed by atoms with Gasteiger partial charge in [0.2, 0.25) is 0 Å². The minimum Gasteiger partial charge on any atom is -0.612 e. The molecule has 4 aromatic rings. The van der Waals surface area contributed by atoms with Gasteiger partial charge in [-0.1, -0.05) is 12.1 Å². The van der Waals surface area contributed by atoms with Crippen molar-refractivity contribution in [3.05, 3.63) is 66.4 Å². The minimum atomic E-state index is -1.19. The Morgan fingerprint density at radius 2 is 2.00 bits per heavy atom. The highest BCUT2D eigenvalue weighted by Gasteiger charge is 2.29. The van der Waals surface area contributed by atoms with Gasteiger partial charge in [-0.25, -0.2) is 14.4 Å². The Hall–Kier alpha value is -2.77. The summed E-state index contributed by atoms with van der Waals surface area (Å²) in [5.74, 6) is 0.522. The molecule has 1 aliphatic rings. The summed E-state index contributed by atoms with van der Waals surface area (Å²) in [5.41, 5.74) is 2.84. The van der Waals surface area contributed by atoms with Gasteiger partial charge >= 0.3 is 0 Å². The zero-order valence-corrected chi connectivity index (χ0v) is 15.9. The molecule has 1 atom stereocenters. The quantitative estimate of drug-likeness (QED) is 0.493. The van der Waals surface area contributed by atoms with Gasteiger partial charge in [-0.05, 0) is 48.3 Å². The lowest BCUT2D eigenvalue weighted by Gasteiger charge is -2.08. The van der Waals surface area contributed by atoms with E-state index in [2.05, 4.69) is 16.0 Å². The van der Waals surface area contributed by atoms with E-state index < -0.39 is 17.0 Å². The van der Waals surface area contributed by atoms with Crippen LogP contribution in [0.2, 0.25) is 0 Å². The molecule has 7 heteroatoms. The Balaban J connectivity index is 1.57. The molecule has 1 unspecified atom stereocenters. The Kier molecular flexibility index (Phi) is 4.14. The van der Waals surface area contributed by atoms with Crippen molar-refractivity contribution in [3.8, 4) is 17.1 Å². The predicted octanol–water partition coefficient (Wildman–Crippen LogP) is 4.04. The number of benzene rings is 2. The first-order valence-corrected chi connectivity index (χ1v) is 10.5. The number of halogens is 1. The second kappa shape index (κ2) is 6.68. The number of rotatable bonds is 4. The molecule has 1 fully saturated rings. The lowest BCUT2D eigenvalue weighted by Crippen LogP contribution is -2.04. The highest BCUT2D eigenvalue weighted by atomic mass is 32.2. The highest BCUT2D eigenvalue weighted by Crippen LogP contribution is 2.42. The van der Waals surface area contributed by atoms with Crippen LogP contribution in [0.3, 0.4) is 0 Å². The molecule has 5 rings (SSSR count). The molecule has 0 spiro atoms. The highest BCUT2D eigenvalue weighted by molar-refractivity contribution is 7.90. The van der Waals surface area contributed by atoms with Crippen LogP contribution in [0.25, 0.3) is 28.0 Å². The third kappa shape index (κ3) is 2.96. The fourth-order valence-electron chi connectivity index (χ4n) is 3.31. The van der Waals surface area contributed by atoms with Crippen LogP contribution < -0.4 is 0 Å². The summed E-state index contributed by atoms with van der Waals surface area (Å²) in [6, 6.07) is 13.3. The topological polar surface area (TPSA) is 66.7 Å². The predicted molar refractivity (Wildman–Crippen MR) is 105 cm³/mol. The van der Waals surface area contributed by atoms with Gasteiger partial charge in [-0.2, -0.15) is 9.78 Å². The molecule has 139 valence electrons. The second-order valence-electron chi connectivity index (χ2n) is 6.88. The first-order chi connectivity index (χ1) is 13.6. The van der Waals surface area contributed by atoms with Gasteiger partial charge in [0.1, 0.15) is 12.1 Å². The SMILES string of the molecule is C[S+]([O-])c1ccc(F)c(-c2cnc(-n3nc(C4CC4)c4cc[c]cc43)nc2)c1. The van der Waals surface area contributed by atoms with E-state index in [0.717, 1.165) is 29.4 Å². The van der Waals surface area contributed by atoms with E-state index in [0.29, 0.717) is 27.9 Å². The molecule has 2 aromatic heterocycles. The monoisotopic (exact) mass is 391 g/mol. The van der Waals surface area contributed by atoms with E-state index in [-0.39, 0.29) is 0 Å². The van der Waals surface area contributed by atoms with Crippen molar-refractivity contribution in [1.29, 1.82) is 0 Å². The summed E-state index contributed by atoms with van der Waals surface area (Å²) in [6.07, 6.45) is 7.01. The van der Waals surface area contributed by atoms with E-state index in [4.69, 9.17) is 5.10 Å². The molecule has 0 saturated heterocycles.